The van der Waals surface area contributed by atoms with Gasteiger partial charge in [0.25, 0.3) is 0 Å². The van der Waals surface area contributed by atoms with E-state index in [0.29, 0.717) is 6.04 Å². The zero-order chi connectivity index (χ0) is 13.1. The Balaban J connectivity index is 1.91. The Morgan fingerprint density at radius 1 is 1.42 bits per heavy atom. The van der Waals surface area contributed by atoms with E-state index in [1.165, 1.54) is 30.4 Å². The van der Waals surface area contributed by atoms with Gasteiger partial charge in [0.15, 0.2) is 0 Å². The summed E-state index contributed by atoms with van der Waals surface area (Å²) >= 11 is 1.75. The second-order valence-electron chi connectivity index (χ2n) is 5.07. The zero-order valence-corrected chi connectivity index (χ0v) is 12.1. The zero-order valence-electron chi connectivity index (χ0n) is 11.3. The minimum absolute atomic E-state index is 0.612. The topological polar surface area (TPSA) is 41.0 Å². The van der Waals surface area contributed by atoms with Crippen LogP contribution in [0.1, 0.15) is 25.7 Å². The molecule has 2 aromatic heterocycles. The first kappa shape index (κ1) is 12.8. The van der Waals surface area contributed by atoms with Gasteiger partial charge in [0.2, 0.25) is 0 Å². The number of nitrogens with one attached hydrogen (secondary N) is 1. The third-order valence-corrected chi connectivity index (χ3v) is 4.75. The Kier molecular flexibility index (Phi) is 3.94. The van der Waals surface area contributed by atoms with Crippen molar-refractivity contribution in [3.63, 3.8) is 0 Å². The number of anilines is 1. The van der Waals surface area contributed by atoms with Crippen LogP contribution in [0.25, 0.3) is 10.2 Å². The Bertz CT molecular complexity index is 539. The van der Waals surface area contributed by atoms with Crippen LogP contribution < -0.4 is 10.2 Å². The van der Waals surface area contributed by atoms with Crippen molar-refractivity contribution in [2.75, 3.05) is 25.0 Å². The molecular formula is C14H20N4S. The van der Waals surface area contributed by atoms with Crippen LogP contribution in [0.5, 0.6) is 0 Å². The summed E-state index contributed by atoms with van der Waals surface area (Å²) in [5.74, 6) is 1.14. The molecule has 1 N–H and O–H groups in total. The average molecular weight is 276 g/mol. The standard InChI is InChI=1S/C14H20N4S/c1-15-7-5-11-4-2-3-8-18(11)14-13-12(6-9-19-13)16-10-17-14/h6,9-11,15H,2-5,7-8H2,1H3. The lowest BCUT2D eigenvalue weighted by molar-refractivity contribution is 0.431. The largest absolute Gasteiger partial charge is 0.352 e. The smallest absolute Gasteiger partial charge is 0.150 e. The fourth-order valence-corrected chi connectivity index (χ4v) is 3.72. The minimum Gasteiger partial charge on any atom is -0.352 e. The molecule has 3 heterocycles. The molecule has 0 saturated carbocycles. The summed E-state index contributed by atoms with van der Waals surface area (Å²) in [4.78, 5) is 11.4. The predicted octanol–water partition coefficient (Wildman–Crippen LogP) is 2.66. The van der Waals surface area contributed by atoms with Gasteiger partial charge in [-0.3, -0.25) is 0 Å². The molecule has 0 amide bonds. The molecular weight excluding hydrogens is 256 g/mol. The molecule has 0 aromatic carbocycles. The number of hydrogen-bond donors (Lipinski definition) is 1. The molecule has 0 aliphatic carbocycles. The van der Waals surface area contributed by atoms with Gasteiger partial charge >= 0.3 is 0 Å². The highest BCUT2D eigenvalue weighted by Gasteiger charge is 2.24. The van der Waals surface area contributed by atoms with E-state index in [4.69, 9.17) is 0 Å². The number of thiophene rings is 1. The summed E-state index contributed by atoms with van der Waals surface area (Å²) in [7, 11) is 2.02. The highest BCUT2D eigenvalue weighted by atomic mass is 32.1. The summed E-state index contributed by atoms with van der Waals surface area (Å²) < 4.78 is 1.24. The highest BCUT2D eigenvalue weighted by molar-refractivity contribution is 7.17. The molecule has 5 heteroatoms. The molecule has 1 saturated heterocycles. The van der Waals surface area contributed by atoms with E-state index in [2.05, 4.69) is 31.6 Å². The van der Waals surface area contributed by atoms with E-state index in [1.807, 2.05) is 7.05 Å². The molecule has 0 radical (unpaired) electrons. The van der Waals surface area contributed by atoms with Crippen LogP contribution in [-0.2, 0) is 0 Å². The first-order valence-corrected chi connectivity index (χ1v) is 7.87. The van der Waals surface area contributed by atoms with Crippen molar-refractivity contribution in [1.82, 2.24) is 15.3 Å². The molecule has 1 aliphatic rings. The van der Waals surface area contributed by atoms with Crippen LogP contribution in [-0.4, -0.2) is 36.1 Å². The van der Waals surface area contributed by atoms with Crippen molar-refractivity contribution < 1.29 is 0 Å². The maximum Gasteiger partial charge on any atom is 0.150 e. The Labute approximate surface area is 117 Å². The Morgan fingerprint density at radius 3 is 3.26 bits per heavy atom. The second kappa shape index (κ2) is 5.84. The molecule has 102 valence electrons. The van der Waals surface area contributed by atoms with Gasteiger partial charge in [-0.25, -0.2) is 9.97 Å². The summed E-state index contributed by atoms with van der Waals surface area (Å²) in [6.45, 7) is 2.19. The van der Waals surface area contributed by atoms with E-state index >= 15 is 0 Å². The fraction of sp³-hybridized carbons (Fsp3) is 0.571. The lowest BCUT2D eigenvalue weighted by Gasteiger charge is -2.37. The van der Waals surface area contributed by atoms with Crippen molar-refractivity contribution in [2.45, 2.75) is 31.7 Å². The normalized spacial score (nSPS) is 20.1. The molecule has 1 unspecified atom stereocenters. The van der Waals surface area contributed by atoms with Crippen LogP contribution in [0.15, 0.2) is 17.8 Å². The van der Waals surface area contributed by atoms with Gasteiger partial charge < -0.3 is 10.2 Å². The van der Waals surface area contributed by atoms with E-state index in [9.17, 15) is 0 Å². The molecule has 1 aliphatic heterocycles. The van der Waals surface area contributed by atoms with Crippen LogP contribution in [0.4, 0.5) is 5.82 Å². The van der Waals surface area contributed by atoms with Gasteiger partial charge in [-0.1, -0.05) is 0 Å². The lowest BCUT2D eigenvalue weighted by atomic mass is 9.99. The number of piperidine rings is 1. The van der Waals surface area contributed by atoms with E-state index < -0.39 is 0 Å². The summed E-state index contributed by atoms with van der Waals surface area (Å²) in [6, 6.07) is 2.69. The third-order valence-electron chi connectivity index (χ3n) is 3.85. The van der Waals surface area contributed by atoms with Crippen molar-refractivity contribution >= 4 is 27.4 Å². The second-order valence-corrected chi connectivity index (χ2v) is 5.98. The number of fused-ring (bicyclic) bond motifs is 1. The minimum atomic E-state index is 0.612. The quantitative estimate of drug-likeness (QED) is 0.932. The summed E-state index contributed by atoms with van der Waals surface area (Å²) in [5.41, 5.74) is 1.08. The molecule has 2 aromatic rings. The number of rotatable bonds is 4. The number of aromatic nitrogens is 2. The highest BCUT2D eigenvalue weighted by Crippen LogP contribution is 2.32. The van der Waals surface area contributed by atoms with Gasteiger partial charge in [0, 0.05) is 12.6 Å². The van der Waals surface area contributed by atoms with Crippen molar-refractivity contribution in [2.24, 2.45) is 0 Å². The first-order valence-electron chi connectivity index (χ1n) is 6.99. The molecule has 19 heavy (non-hydrogen) atoms. The summed E-state index contributed by atoms with van der Waals surface area (Å²) in [6.07, 6.45) is 6.77. The fourth-order valence-electron chi connectivity index (χ4n) is 2.87. The van der Waals surface area contributed by atoms with Crippen molar-refractivity contribution in [3.05, 3.63) is 17.8 Å². The van der Waals surface area contributed by atoms with Gasteiger partial charge in [0.1, 0.15) is 12.1 Å². The maximum absolute atomic E-state index is 4.57. The Hall–Kier alpha value is -1.20. The van der Waals surface area contributed by atoms with Gasteiger partial charge in [0.05, 0.1) is 10.2 Å². The van der Waals surface area contributed by atoms with Crippen LogP contribution in [0, 0.1) is 0 Å². The molecule has 1 atom stereocenters. The van der Waals surface area contributed by atoms with Gasteiger partial charge in [-0.2, -0.15) is 0 Å². The van der Waals surface area contributed by atoms with E-state index in [0.717, 1.165) is 24.4 Å². The van der Waals surface area contributed by atoms with Crippen molar-refractivity contribution in [1.29, 1.82) is 0 Å². The monoisotopic (exact) mass is 276 g/mol. The maximum atomic E-state index is 4.57. The predicted molar refractivity (Wildman–Crippen MR) is 80.9 cm³/mol. The van der Waals surface area contributed by atoms with Crippen LogP contribution in [0.3, 0.4) is 0 Å². The third kappa shape index (κ3) is 2.58. The van der Waals surface area contributed by atoms with Crippen molar-refractivity contribution in [3.8, 4) is 0 Å². The molecule has 3 rings (SSSR count). The molecule has 4 nitrogen and oxygen atoms in total. The van der Waals surface area contributed by atoms with Crippen LogP contribution in [0.2, 0.25) is 0 Å². The Morgan fingerprint density at radius 2 is 2.37 bits per heavy atom. The number of hydrogen-bond acceptors (Lipinski definition) is 5. The molecule has 1 fully saturated rings. The number of nitrogens with zero attached hydrogens (tertiary/aromatic N) is 3. The summed E-state index contributed by atoms with van der Waals surface area (Å²) in [5, 5.41) is 5.37. The van der Waals surface area contributed by atoms with Crippen LogP contribution >= 0.6 is 11.3 Å². The van der Waals surface area contributed by atoms with E-state index in [1.54, 1.807) is 17.7 Å². The van der Waals surface area contributed by atoms with Gasteiger partial charge in [-0.15, -0.1) is 11.3 Å². The molecule has 0 spiro atoms. The molecule has 0 bridgehead atoms. The van der Waals surface area contributed by atoms with Gasteiger partial charge in [-0.05, 0) is 50.7 Å². The SMILES string of the molecule is CNCCC1CCCCN1c1ncnc2ccsc12. The first-order chi connectivity index (χ1) is 9.40. The lowest BCUT2D eigenvalue weighted by Crippen LogP contribution is -2.41. The van der Waals surface area contributed by atoms with E-state index in [-0.39, 0.29) is 0 Å². The average Bonchev–Trinajstić information content (AvgIpc) is 2.94.